The van der Waals surface area contributed by atoms with Gasteiger partial charge in [-0.15, -0.1) is 0 Å². The first-order chi connectivity index (χ1) is 10.6. The molecule has 2 aromatic carbocycles. The summed E-state index contributed by atoms with van der Waals surface area (Å²) in [6.07, 6.45) is 0.357. The van der Waals surface area contributed by atoms with Crippen molar-refractivity contribution in [2.45, 2.75) is 12.5 Å². The molecular weight excluding hydrogens is 285 g/mol. The summed E-state index contributed by atoms with van der Waals surface area (Å²) in [4.78, 5) is 25.4. The summed E-state index contributed by atoms with van der Waals surface area (Å²) in [6, 6.07) is 11.7. The van der Waals surface area contributed by atoms with Gasteiger partial charge in [-0.05, 0) is 23.8 Å². The van der Waals surface area contributed by atoms with Crippen LogP contribution in [-0.2, 0) is 11.2 Å². The van der Waals surface area contributed by atoms with Gasteiger partial charge in [0.1, 0.15) is 11.9 Å². The Morgan fingerprint density at radius 2 is 1.82 bits per heavy atom. The molecule has 0 fully saturated rings. The van der Waals surface area contributed by atoms with E-state index >= 15 is 0 Å². The van der Waals surface area contributed by atoms with Crippen molar-refractivity contribution in [3.8, 4) is 0 Å². The van der Waals surface area contributed by atoms with Crippen molar-refractivity contribution in [1.82, 2.24) is 0 Å². The molecular formula is C16H14FN3O2. The van der Waals surface area contributed by atoms with Crippen LogP contribution in [0.25, 0.3) is 0 Å². The number of hydrogen-bond donors (Lipinski definition) is 2. The van der Waals surface area contributed by atoms with E-state index in [0.29, 0.717) is 12.1 Å². The van der Waals surface area contributed by atoms with Gasteiger partial charge in [0, 0.05) is 12.1 Å². The summed E-state index contributed by atoms with van der Waals surface area (Å²) < 4.78 is 13.7. The molecule has 0 aliphatic carbocycles. The average molecular weight is 299 g/mol. The average Bonchev–Trinajstić information content (AvgIpc) is 2.89. The number of amides is 3. The van der Waals surface area contributed by atoms with E-state index in [4.69, 9.17) is 5.73 Å². The van der Waals surface area contributed by atoms with E-state index in [0.717, 1.165) is 5.56 Å². The first-order valence-corrected chi connectivity index (χ1v) is 6.80. The number of nitrogens with one attached hydrogen (secondary N) is 1. The van der Waals surface area contributed by atoms with Gasteiger partial charge in [0.05, 0.1) is 5.69 Å². The topological polar surface area (TPSA) is 75.4 Å². The molecule has 0 saturated carbocycles. The monoisotopic (exact) mass is 299 g/mol. The van der Waals surface area contributed by atoms with Gasteiger partial charge in [0.25, 0.3) is 0 Å². The number of anilines is 2. The predicted molar refractivity (Wildman–Crippen MR) is 81.0 cm³/mol. The summed E-state index contributed by atoms with van der Waals surface area (Å²) in [5, 5.41) is 2.48. The first-order valence-electron chi connectivity index (χ1n) is 6.80. The number of rotatable bonds is 2. The number of carbonyl (C=O) groups is 2. The van der Waals surface area contributed by atoms with Crippen LogP contribution in [0.5, 0.6) is 0 Å². The number of urea groups is 1. The molecule has 1 aliphatic rings. The molecule has 0 saturated heterocycles. The molecule has 0 unspecified atom stereocenters. The minimum Gasteiger partial charge on any atom is -0.368 e. The SMILES string of the molecule is NC(=O)[C@@H]1Cc2ccccc2N1C(=O)Nc1ccccc1F. The Bertz CT molecular complexity index is 748. The molecule has 2 aromatic rings. The van der Waals surface area contributed by atoms with Crippen molar-refractivity contribution in [1.29, 1.82) is 0 Å². The smallest absolute Gasteiger partial charge is 0.327 e. The highest BCUT2D eigenvalue weighted by molar-refractivity contribution is 6.08. The van der Waals surface area contributed by atoms with Crippen molar-refractivity contribution in [3.05, 3.63) is 59.9 Å². The lowest BCUT2D eigenvalue weighted by Crippen LogP contribution is -2.47. The number of benzene rings is 2. The molecule has 0 aromatic heterocycles. The standard InChI is InChI=1S/C16H14FN3O2/c17-11-6-2-3-7-12(11)19-16(22)20-13-8-4-1-5-10(13)9-14(20)15(18)21/h1-8,14H,9H2,(H2,18,21)(H,19,22)/t14-/m0/s1. The van der Waals surface area contributed by atoms with Gasteiger partial charge in [-0.3, -0.25) is 9.69 Å². The zero-order valence-corrected chi connectivity index (χ0v) is 11.6. The van der Waals surface area contributed by atoms with Crippen LogP contribution >= 0.6 is 0 Å². The Morgan fingerprint density at radius 1 is 1.14 bits per heavy atom. The molecule has 0 radical (unpaired) electrons. The summed E-state index contributed by atoms with van der Waals surface area (Å²) in [7, 11) is 0. The van der Waals surface area contributed by atoms with E-state index in [1.54, 1.807) is 18.2 Å². The predicted octanol–water partition coefficient (Wildman–Crippen LogP) is 2.27. The molecule has 0 spiro atoms. The quantitative estimate of drug-likeness (QED) is 0.892. The summed E-state index contributed by atoms with van der Waals surface area (Å²) in [5.74, 6) is -1.14. The van der Waals surface area contributed by atoms with Crippen molar-refractivity contribution in [2.24, 2.45) is 5.73 Å². The highest BCUT2D eigenvalue weighted by Gasteiger charge is 2.37. The maximum absolute atomic E-state index is 13.7. The maximum Gasteiger partial charge on any atom is 0.327 e. The molecule has 0 bridgehead atoms. The second kappa shape index (κ2) is 5.48. The number of nitrogens with zero attached hydrogens (tertiary/aromatic N) is 1. The molecule has 6 heteroatoms. The second-order valence-electron chi connectivity index (χ2n) is 5.03. The van der Waals surface area contributed by atoms with Crippen LogP contribution in [0.4, 0.5) is 20.6 Å². The van der Waals surface area contributed by atoms with Crippen molar-refractivity contribution in [2.75, 3.05) is 10.2 Å². The highest BCUT2D eigenvalue weighted by atomic mass is 19.1. The number of hydrogen-bond acceptors (Lipinski definition) is 2. The normalized spacial score (nSPS) is 16.2. The van der Waals surface area contributed by atoms with Crippen LogP contribution in [-0.4, -0.2) is 18.0 Å². The van der Waals surface area contributed by atoms with Gasteiger partial charge in [0.2, 0.25) is 5.91 Å². The molecule has 3 rings (SSSR count). The van der Waals surface area contributed by atoms with E-state index in [1.807, 2.05) is 12.1 Å². The third-order valence-electron chi connectivity index (χ3n) is 3.64. The zero-order valence-electron chi connectivity index (χ0n) is 11.6. The van der Waals surface area contributed by atoms with Gasteiger partial charge in [-0.2, -0.15) is 0 Å². The third kappa shape index (κ3) is 2.39. The Balaban J connectivity index is 1.92. The van der Waals surface area contributed by atoms with Crippen molar-refractivity contribution in [3.63, 3.8) is 0 Å². The molecule has 1 atom stereocenters. The molecule has 112 valence electrons. The molecule has 1 aliphatic heterocycles. The minimum atomic E-state index is -0.774. The summed E-state index contributed by atoms with van der Waals surface area (Å²) >= 11 is 0. The van der Waals surface area contributed by atoms with E-state index in [2.05, 4.69) is 5.32 Å². The fourth-order valence-electron chi connectivity index (χ4n) is 2.60. The number of primary amides is 1. The number of carbonyl (C=O) groups excluding carboxylic acids is 2. The van der Waals surface area contributed by atoms with E-state index < -0.39 is 23.8 Å². The summed E-state index contributed by atoms with van der Waals surface area (Å²) in [5.41, 5.74) is 6.92. The van der Waals surface area contributed by atoms with Crippen molar-refractivity contribution < 1.29 is 14.0 Å². The largest absolute Gasteiger partial charge is 0.368 e. The van der Waals surface area contributed by atoms with Crippen LogP contribution in [0.3, 0.4) is 0 Å². The third-order valence-corrected chi connectivity index (χ3v) is 3.64. The van der Waals surface area contributed by atoms with Crippen LogP contribution < -0.4 is 16.0 Å². The lowest BCUT2D eigenvalue weighted by Gasteiger charge is -2.23. The minimum absolute atomic E-state index is 0.0556. The molecule has 22 heavy (non-hydrogen) atoms. The molecule has 5 nitrogen and oxygen atoms in total. The van der Waals surface area contributed by atoms with Crippen LogP contribution in [0.1, 0.15) is 5.56 Å². The Labute approximate surface area is 126 Å². The van der Waals surface area contributed by atoms with E-state index in [1.165, 1.54) is 23.1 Å². The van der Waals surface area contributed by atoms with Crippen LogP contribution in [0, 0.1) is 5.82 Å². The van der Waals surface area contributed by atoms with Crippen LogP contribution in [0.2, 0.25) is 0 Å². The van der Waals surface area contributed by atoms with Gasteiger partial charge in [-0.1, -0.05) is 30.3 Å². The summed E-state index contributed by atoms with van der Waals surface area (Å²) in [6.45, 7) is 0. The van der Waals surface area contributed by atoms with Crippen molar-refractivity contribution >= 4 is 23.3 Å². The van der Waals surface area contributed by atoms with E-state index in [9.17, 15) is 14.0 Å². The highest BCUT2D eigenvalue weighted by Crippen LogP contribution is 2.32. The molecule has 3 N–H and O–H groups in total. The molecule has 1 heterocycles. The van der Waals surface area contributed by atoms with Gasteiger partial charge < -0.3 is 11.1 Å². The Hall–Kier alpha value is -2.89. The zero-order chi connectivity index (χ0) is 15.7. The number of para-hydroxylation sites is 2. The lowest BCUT2D eigenvalue weighted by molar-refractivity contribution is -0.119. The Kier molecular flexibility index (Phi) is 3.50. The second-order valence-corrected chi connectivity index (χ2v) is 5.03. The fourth-order valence-corrected chi connectivity index (χ4v) is 2.60. The fraction of sp³-hybridized carbons (Fsp3) is 0.125. The van der Waals surface area contributed by atoms with Gasteiger partial charge in [-0.25, -0.2) is 9.18 Å². The Morgan fingerprint density at radius 3 is 2.55 bits per heavy atom. The molecule has 3 amide bonds. The number of halogens is 1. The number of nitrogens with two attached hydrogens (primary N) is 1. The first kappa shape index (κ1) is 14.1. The van der Waals surface area contributed by atoms with E-state index in [-0.39, 0.29) is 5.69 Å². The van der Waals surface area contributed by atoms with Gasteiger partial charge in [0.15, 0.2) is 0 Å². The lowest BCUT2D eigenvalue weighted by atomic mass is 10.1. The van der Waals surface area contributed by atoms with Crippen LogP contribution in [0.15, 0.2) is 48.5 Å². The maximum atomic E-state index is 13.7. The number of fused-ring (bicyclic) bond motifs is 1. The van der Waals surface area contributed by atoms with Gasteiger partial charge >= 0.3 is 6.03 Å².